The Morgan fingerprint density at radius 2 is 1.77 bits per heavy atom. The summed E-state index contributed by atoms with van der Waals surface area (Å²) in [4.78, 5) is 6.02. The molecule has 1 atom stereocenters. The lowest BCUT2D eigenvalue weighted by atomic mass is 10.2. The average molecular weight is 415 g/mol. The second kappa shape index (κ2) is 10.0. The zero-order valence-electron chi connectivity index (χ0n) is 14.6. The van der Waals surface area contributed by atoms with E-state index in [1.807, 2.05) is 30.3 Å². The Kier molecular flexibility index (Phi) is 7.76. The second-order valence-electron chi connectivity index (χ2n) is 6.54. The molecule has 0 amide bonds. The Hall–Kier alpha value is -0.660. The van der Waals surface area contributed by atoms with Crippen molar-refractivity contribution in [2.45, 2.75) is 19.3 Å². The summed E-state index contributed by atoms with van der Waals surface area (Å²) in [6.07, 6.45) is -0.486. The average Bonchev–Trinajstić information content (AvgIpc) is 3.03. The predicted molar refractivity (Wildman–Crippen MR) is 108 cm³/mol. The summed E-state index contributed by atoms with van der Waals surface area (Å²) in [5.41, 5.74) is 0.948. The molecule has 0 saturated carbocycles. The van der Waals surface area contributed by atoms with E-state index in [1.54, 1.807) is 11.3 Å². The number of ether oxygens (including phenoxy) is 1. The SMILES string of the molecule is OC(COCc1ccccc1Cl)CN1CCN(Cc2ccc(Cl)s2)CC1. The van der Waals surface area contributed by atoms with Gasteiger partial charge in [0.25, 0.3) is 0 Å². The molecule has 26 heavy (non-hydrogen) atoms. The van der Waals surface area contributed by atoms with Crippen LogP contribution < -0.4 is 0 Å². The molecule has 2 aromatic rings. The third kappa shape index (κ3) is 6.20. The number of benzene rings is 1. The first-order valence-electron chi connectivity index (χ1n) is 8.78. The van der Waals surface area contributed by atoms with Crippen LogP contribution in [0.5, 0.6) is 0 Å². The number of nitrogens with zero attached hydrogens (tertiary/aromatic N) is 2. The summed E-state index contributed by atoms with van der Waals surface area (Å²) in [6, 6.07) is 11.7. The molecule has 1 N–H and O–H groups in total. The van der Waals surface area contributed by atoms with Crippen molar-refractivity contribution >= 4 is 34.5 Å². The fourth-order valence-corrected chi connectivity index (χ4v) is 4.38. The van der Waals surface area contributed by atoms with Crippen molar-refractivity contribution < 1.29 is 9.84 Å². The number of hydrogen-bond donors (Lipinski definition) is 1. The zero-order valence-corrected chi connectivity index (χ0v) is 16.9. The summed E-state index contributed by atoms with van der Waals surface area (Å²) in [5, 5.41) is 10.9. The third-order valence-corrected chi connectivity index (χ3v) is 6.05. The molecule has 0 bridgehead atoms. The smallest absolute Gasteiger partial charge is 0.0931 e. The summed E-state index contributed by atoms with van der Waals surface area (Å²) < 4.78 is 6.47. The van der Waals surface area contributed by atoms with E-state index in [2.05, 4.69) is 15.9 Å². The van der Waals surface area contributed by atoms with Crippen LogP contribution in [0.4, 0.5) is 0 Å². The van der Waals surface area contributed by atoms with Gasteiger partial charge < -0.3 is 9.84 Å². The van der Waals surface area contributed by atoms with Gasteiger partial charge in [0, 0.05) is 49.2 Å². The molecule has 1 aliphatic rings. The maximum absolute atomic E-state index is 10.2. The van der Waals surface area contributed by atoms with E-state index < -0.39 is 6.10 Å². The number of halogens is 2. The first kappa shape index (κ1) is 20.1. The fourth-order valence-electron chi connectivity index (χ4n) is 3.06. The molecule has 0 spiro atoms. The Labute approximate surface area is 168 Å². The number of aliphatic hydroxyl groups is 1. The van der Waals surface area contributed by atoms with Crippen LogP contribution in [0.2, 0.25) is 9.36 Å². The molecule has 1 saturated heterocycles. The van der Waals surface area contributed by atoms with Gasteiger partial charge in [-0.15, -0.1) is 11.3 Å². The standard InChI is InChI=1S/C19H24Cl2N2O2S/c20-18-4-2-1-3-15(18)13-25-14-16(24)11-22-7-9-23(10-8-22)12-17-5-6-19(21)26-17/h1-6,16,24H,7-14H2. The second-order valence-corrected chi connectivity index (χ2v) is 8.75. The van der Waals surface area contributed by atoms with Crippen molar-refractivity contribution in [1.82, 2.24) is 9.80 Å². The highest BCUT2D eigenvalue weighted by Gasteiger charge is 2.19. The van der Waals surface area contributed by atoms with Gasteiger partial charge in [-0.05, 0) is 23.8 Å². The molecule has 1 aromatic carbocycles. The zero-order chi connectivity index (χ0) is 18.4. The highest BCUT2D eigenvalue weighted by molar-refractivity contribution is 7.16. The fraction of sp³-hybridized carbons (Fsp3) is 0.474. The van der Waals surface area contributed by atoms with Crippen LogP contribution in [0, 0.1) is 0 Å². The molecule has 2 heterocycles. The highest BCUT2D eigenvalue weighted by atomic mass is 35.5. The number of β-amino-alcohol motifs (C(OH)–C–C–N with tert-alkyl or cyclic N) is 1. The van der Waals surface area contributed by atoms with Gasteiger partial charge in [-0.25, -0.2) is 0 Å². The molecular weight excluding hydrogens is 391 g/mol. The number of rotatable bonds is 8. The van der Waals surface area contributed by atoms with Crippen LogP contribution in [-0.4, -0.2) is 60.3 Å². The van der Waals surface area contributed by atoms with Crippen LogP contribution in [0.1, 0.15) is 10.4 Å². The van der Waals surface area contributed by atoms with Gasteiger partial charge >= 0.3 is 0 Å². The molecule has 3 rings (SSSR count). The third-order valence-electron chi connectivity index (χ3n) is 4.47. The summed E-state index contributed by atoms with van der Waals surface area (Å²) in [6.45, 7) is 6.26. The minimum absolute atomic E-state index is 0.319. The topological polar surface area (TPSA) is 35.9 Å². The molecule has 1 aromatic heterocycles. The highest BCUT2D eigenvalue weighted by Crippen LogP contribution is 2.23. The maximum atomic E-state index is 10.2. The Balaban J connectivity index is 1.33. The van der Waals surface area contributed by atoms with E-state index >= 15 is 0 Å². The van der Waals surface area contributed by atoms with Crippen LogP contribution in [0.15, 0.2) is 36.4 Å². The van der Waals surface area contributed by atoms with Crippen LogP contribution in [-0.2, 0) is 17.9 Å². The van der Waals surface area contributed by atoms with E-state index in [9.17, 15) is 5.11 Å². The molecule has 4 nitrogen and oxygen atoms in total. The molecule has 1 fully saturated rings. The van der Waals surface area contributed by atoms with Crippen molar-refractivity contribution in [3.63, 3.8) is 0 Å². The van der Waals surface area contributed by atoms with E-state index in [0.717, 1.165) is 42.6 Å². The van der Waals surface area contributed by atoms with Crippen LogP contribution in [0.25, 0.3) is 0 Å². The monoisotopic (exact) mass is 414 g/mol. The van der Waals surface area contributed by atoms with Gasteiger partial charge in [-0.3, -0.25) is 9.80 Å². The minimum atomic E-state index is -0.486. The molecule has 1 aliphatic heterocycles. The van der Waals surface area contributed by atoms with Crippen molar-refractivity contribution in [3.8, 4) is 0 Å². The molecule has 142 valence electrons. The predicted octanol–water partition coefficient (Wildman–Crippen LogP) is 3.75. The lowest BCUT2D eigenvalue weighted by molar-refractivity contribution is 0.000958. The molecule has 0 aliphatic carbocycles. The van der Waals surface area contributed by atoms with Gasteiger partial charge in [0.15, 0.2) is 0 Å². The van der Waals surface area contributed by atoms with Crippen LogP contribution in [0.3, 0.4) is 0 Å². The molecule has 0 radical (unpaired) electrons. The van der Waals surface area contributed by atoms with Crippen molar-refractivity contribution in [2.75, 3.05) is 39.3 Å². The summed E-state index contributed by atoms with van der Waals surface area (Å²) in [7, 11) is 0. The largest absolute Gasteiger partial charge is 0.389 e. The molecule has 7 heteroatoms. The van der Waals surface area contributed by atoms with Crippen molar-refractivity contribution in [1.29, 1.82) is 0 Å². The van der Waals surface area contributed by atoms with Gasteiger partial charge in [0.2, 0.25) is 0 Å². The van der Waals surface area contributed by atoms with Crippen molar-refractivity contribution in [2.24, 2.45) is 0 Å². The van der Waals surface area contributed by atoms with E-state index in [-0.39, 0.29) is 0 Å². The van der Waals surface area contributed by atoms with E-state index in [4.69, 9.17) is 27.9 Å². The number of thiophene rings is 1. The first-order chi connectivity index (χ1) is 12.6. The van der Waals surface area contributed by atoms with Crippen LogP contribution >= 0.6 is 34.5 Å². The number of piperazine rings is 1. The Bertz CT molecular complexity index is 690. The lowest BCUT2D eigenvalue weighted by Gasteiger charge is -2.35. The first-order valence-corrected chi connectivity index (χ1v) is 10.4. The Morgan fingerprint density at radius 1 is 1.04 bits per heavy atom. The lowest BCUT2D eigenvalue weighted by Crippen LogP contribution is -2.48. The molecule has 1 unspecified atom stereocenters. The van der Waals surface area contributed by atoms with E-state index in [0.29, 0.717) is 24.8 Å². The van der Waals surface area contributed by atoms with Gasteiger partial charge in [0.05, 0.1) is 23.7 Å². The quantitative estimate of drug-likeness (QED) is 0.713. The van der Waals surface area contributed by atoms with Gasteiger partial charge in [-0.1, -0.05) is 41.4 Å². The Morgan fingerprint density at radius 3 is 2.46 bits per heavy atom. The maximum Gasteiger partial charge on any atom is 0.0931 e. The minimum Gasteiger partial charge on any atom is -0.389 e. The number of aliphatic hydroxyl groups excluding tert-OH is 1. The molecular formula is C19H24Cl2N2O2S. The van der Waals surface area contributed by atoms with E-state index in [1.165, 1.54) is 4.88 Å². The van der Waals surface area contributed by atoms with Gasteiger partial charge in [0.1, 0.15) is 0 Å². The van der Waals surface area contributed by atoms with Crippen molar-refractivity contribution in [3.05, 3.63) is 56.2 Å². The number of hydrogen-bond acceptors (Lipinski definition) is 5. The van der Waals surface area contributed by atoms with Gasteiger partial charge in [-0.2, -0.15) is 0 Å². The summed E-state index contributed by atoms with van der Waals surface area (Å²) >= 11 is 13.7. The summed E-state index contributed by atoms with van der Waals surface area (Å²) in [5.74, 6) is 0. The normalized spacial score (nSPS) is 17.5.